The van der Waals surface area contributed by atoms with Crippen molar-refractivity contribution in [1.82, 2.24) is 9.88 Å². The van der Waals surface area contributed by atoms with Crippen LogP contribution in [-0.4, -0.2) is 29.6 Å². The number of carbonyl (C=O) groups is 2. The van der Waals surface area contributed by atoms with E-state index in [0.29, 0.717) is 6.54 Å². The topological polar surface area (TPSA) is 84.1 Å². The molecule has 6 heteroatoms. The molecule has 0 aliphatic carbocycles. The second-order valence-electron chi connectivity index (χ2n) is 5.57. The van der Waals surface area contributed by atoms with Crippen LogP contribution in [0.5, 0.6) is 0 Å². The van der Waals surface area contributed by atoms with Gasteiger partial charge in [-0.1, -0.05) is 13.8 Å². The van der Waals surface area contributed by atoms with Crippen LogP contribution in [0.2, 0.25) is 0 Å². The Morgan fingerprint density at radius 2 is 2.04 bits per heavy atom. The average Bonchev–Trinajstić information content (AvgIpc) is 2.83. The second kappa shape index (κ2) is 9.56. The van der Waals surface area contributed by atoms with Crippen molar-refractivity contribution in [2.24, 2.45) is 0 Å². The van der Waals surface area contributed by atoms with Gasteiger partial charge in [0.25, 0.3) is 5.91 Å². The summed E-state index contributed by atoms with van der Waals surface area (Å²) in [5, 5.41) is 11.8. The van der Waals surface area contributed by atoms with Crippen LogP contribution in [0.25, 0.3) is 6.08 Å². The standard InChI is InChI=1S/C18H25N3O3/c1-5-7-20-17(22)12-24-18(23)16(11-19)10-15-9-13(3)21(8-6-2)14(15)4/h9-10H,5-8,12H2,1-4H3,(H,20,22). The Kier molecular flexibility index (Phi) is 7.76. The summed E-state index contributed by atoms with van der Waals surface area (Å²) < 4.78 is 7.05. The van der Waals surface area contributed by atoms with Gasteiger partial charge in [-0.2, -0.15) is 5.26 Å². The molecule has 0 radical (unpaired) electrons. The molecule has 1 rings (SSSR count). The molecular weight excluding hydrogens is 306 g/mol. The first-order valence-electron chi connectivity index (χ1n) is 8.16. The van der Waals surface area contributed by atoms with E-state index in [4.69, 9.17) is 4.74 Å². The lowest BCUT2D eigenvalue weighted by molar-refractivity contribution is -0.144. The van der Waals surface area contributed by atoms with Crippen molar-refractivity contribution in [2.75, 3.05) is 13.2 Å². The van der Waals surface area contributed by atoms with Crippen LogP contribution < -0.4 is 5.32 Å². The zero-order valence-electron chi connectivity index (χ0n) is 14.8. The van der Waals surface area contributed by atoms with Gasteiger partial charge in [-0.05, 0) is 44.4 Å². The number of hydrogen-bond acceptors (Lipinski definition) is 4. The minimum absolute atomic E-state index is 0.116. The van der Waals surface area contributed by atoms with Gasteiger partial charge in [-0.3, -0.25) is 4.79 Å². The minimum atomic E-state index is -0.788. The van der Waals surface area contributed by atoms with Gasteiger partial charge in [0.1, 0.15) is 11.6 Å². The molecule has 0 bridgehead atoms. The molecule has 24 heavy (non-hydrogen) atoms. The molecule has 0 atom stereocenters. The fourth-order valence-corrected chi connectivity index (χ4v) is 2.36. The summed E-state index contributed by atoms with van der Waals surface area (Å²) in [4.78, 5) is 23.4. The van der Waals surface area contributed by atoms with Crippen LogP contribution in [0.4, 0.5) is 0 Å². The molecule has 0 aromatic carbocycles. The first-order valence-corrected chi connectivity index (χ1v) is 8.16. The third-order valence-electron chi connectivity index (χ3n) is 3.61. The Labute approximate surface area is 143 Å². The molecule has 0 saturated heterocycles. The predicted molar refractivity (Wildman–Crippen MR) is 92.0 cm³/mol. The van der Waals surface area contributed by atoms with E-state index >= 15 is 0 Å². The third-order valence-corrected chi connectivity index (χ3v) is 3.61. The van der Waals surface area contributed by atoms with Crippen molar-refractivity contribution in [1.29, 1.82) is 5.26 Å². The molecule has 0 unspecified atom stereocenters. The van der Waals surface area contributed by atoms with Gasteiger partial charge in [-0.25, -0.2) is 4.79 Å². The van der Waals surface area contributed by atoms with Gasteiger partial charge in [0.15, 0.2) is 6.61 Å². The van der Waals surface area contributed by atoms with Crippen molar-refractivity contribution in [3.63, 3.8) is 0 Å². The highest BCUT2D eigenvalue weighted by atomic mass is 16.5. The summed E-state index contributed by atoms with van der Waals surface area (Å²) in [7, 11) is 0. The van der Waals surface area contributed by atoms with Crippen molar-refractivity contribution in [2.45, 2.75) is 47.1 Å². The molecule has 0 aliphatic heterocycles. The first-order chi connectivity index (χ1) is 11.4. The number of ether oxygens (including phenoxy) is 1. The van der Waals surface area contributed by atoms with Gasteiger partial charge in [0, 0.05) is 24.5 Å². The summed E-state index contributed by atoms with van der Waals surface area (Å²) in [6, 6.07) is 3.78. The molecule has 1 N–H and O–H groups in total. The number of hydrogen-bond donors (Lipinski definition) is 1. The maximum absolute atomic E-state index is 12.0. The van der Waals surface area contributed by atoms with E-state index in [1.165, 1.54) is 6.08 Å². The average molecular weight is 331 g/mol. The summed E-state index contributed by atoms with van der Waals surface area (Å²) in [6.45, 7) is 8.99. The van der Waals surface area contributed by atoms with Crippen molar-refractivity contribution >= 4 is 18.0 Å². The van der Waals surface area contributed by atoms with Gasteiger partial charge in [-0.15, -0.1) is 0 Å². The SMILES string of the molecule is CCCNC(=O)COC(=O)C(C#N)=Cc1cc(C)n(CCC)c1C. The zero-order valence-corrected chi connectivity index (χ0v) is 14.8. The van der Waals surface area contributed by atoms with E-state index in [0.717, 1.165) is 36.3 Å². The molecule has 1 aromatic heterocycles. The quantitative estimate of drug-likeness (QED) is 0.450. The number of aryl methyl sites for hydroxylation is 1. The zero-order chi connectivity index (χ0) is 18.1. The maximum atomic E-state index is 12.0. The van der Waals surface area contributed by atoms with E-state index in [2.05, 4.69) is 16.8 Å². The maximum Gasteiger partial charge on any atom is 0.349 e. The fraction of sp³-hybridized carbons (Fsp3) is 0.500. The Bertz CT molecular complexity index is 666. The number of nitrogens with zero attached hydrogens (tertiary/aromatic N) is 2. The van der Waals surface area contributed by atoms with Crippen LogP contribution in [0.1, 0.15) is 43.6 Å². The molecule has 0 saturated carbocycles. The number of amides is 1. The number of carbonyl (C=O) groups excluding carboxylic acids is 2. The van der Waals surface area contributed by atoms with Crippen LogP contribution in [0.3, 0.4) is 0 Å². The van der Waals surface area contributed by atoms with Crippen molar-refractivity contribution in [3.8, 4) is 6.07 Å². The van der Waals surface area contributed by atoms with Gasteiger partial charge in [0.2, 0.25) is 0 Å². The van der Waals surface area contributed by atoms with E-state index < -0.39 is 5.97 Å². The lowest BCUT2D eigenvalue weighted by atomic mass is 10.1. The summed E-state index contributed by atoms with van der Waals surface area (Å²) in [6.07, 6.45) is 3.32. The van der Waals surface area contributed by atoms with E-state index in [-0.39, 0.29) is 18.1 Å². The lowest BCUT2D eigenvalue weighted by Crippen LogP contribution is -2.29. The lowest BCUT2D eigenvalue weighted by Gasteiger charge is -2.07. The summed E-state index contributed by atoms with van der Waals surface area (Å²) >= 11 is 0. The first kappa shape index (κ1) is 19.5. The van der Waals surface area contributed by atoms with Gasteiger partial charge in [0.05, 0.1) is 0 Å². The molecule has 6 nitrogen and oxygen atoms in total. The highest BCUT2D eigenvalue weighted by Gasteiger charge is 2.15. The monoisotopic (exact) mass is 331 g/mol. The van der Waals surface area contributed by atoms with Gasteiger partial charge < -0.3 is 14.6 Å². The number of nitrogens with one attached hydrogen (secondary N) is 1. The van der Waals surface area contributed by atoms with E-state index in [1.807, 2.05) is 32.9 Å². The largest absolute Gasteiger partial charge is 0.451 e. The minimum Gasteiger partial charge on any atom is -0.451 e. The van der Waals surface area contributed by atoms with Gasteiger partial charge >= 0.3 is 5.97 Å². The summed E-state index contributed by atoms with van der Waals surface area (Å²) in [5.74, 6) is -1.16. The Morgan fingerprint density at radius 3 is 2.62 bits per heavy atom. The van der Waals surface area contributed by atoms with Crippen LogP contribution in [0, 0.1) is 25.2 Å². The van der Waals surface area contributed by atoms with Crippen molar-refractivity contribution < 1.29 is 14.3 Å². The molecule has 0 fully saturated rings. The third kappa shape index (κ3) is 5.27. The molecule has 1 amide bonds. The molecule has 0 spiro atoms. The highest BCUT2D eigenvalue weighted by Crippen LogP contribution is 2.19. The van der Waals surface area contributed by atoms with E-state index in [1.54, 1.807) is 0 Å². The van der Waals surface area contributed by atoms with Crippen LogP contribution in [0.15, 0.2) is 11.6 Å². The normalized spacial score (nSPS) is 11.0. The van der Waals surface area contributed by atoms with Crippen molar-refractivity contribution in [3.05, 3.63) is 28.6 Å². The molecule has 1 aromatic rings. The molecule has 1 heterocycles. The second-order valence-corrected chi connectivity index (χ2v) is 5.57. The number of aromatic nitrogens is 1. The van der Waals surface area contributed by atoms with E-state index in [9.17, 15) is 14.9 Å². The predicted octanol–water partition coefficient (Wildman–Crippen LogP) is 2.49. The highest BCUT2D eigenvalue weighted by molar-refractivity contribution is 5.99. The number of rotatable bonds is 8. The fourth-order valence-electron chi connectivity index (χ4n) is 2.36. The molecule has 0 aliphatic rings. The number of nitriles is 1. The Hall–Kier alpha value is -2.55. The van der Waals surface area contributed by atoms with Crippen LogP contribution in [-0.2, 0) is 20.9 Å². The molecular formula is C18H25N3O3. The number of esters is 1. The smallest absolute Gasteiger partial charge is 0.349 e. The van der Waals surface area contributed by atoms with Crippen LogP contribution >= 0.6 is 0 Å². The Balaban J connectivity index is 2.84. The molecule has 130 valence electrons. The summed E-state index contributed by atoms with van der Waals surface area (Å²) in [5.41, 5.74) is 2.76. The Morgan fingerprint density at radius 1 is 1.33 bits per heavy atom.